The lowest BCUT2D eigenvalue weighted by atomic mass is 9.68. The van der Waals surface area contributed by atoms with Crippen molar-refractivity contribution in [2.75, 3.05) is 6.79 Å². The van der Waals surface area contributed by atoms with E-state index >= 15 is 0 Å². The summed E-state index contributed by atoms with van der Waals surface area (Å²) >= 11 is 0. The zero-order chi connectivity index (χ0) is 25.4. The van der Waals surface area contributed by atoms with Crippen LogP contribution in [0.1, 0.15) is 35.2 Å². The maximum absolute atomic E-state index is 13.4. The summed E-state index contributed by atoms with van der Waals surface area (Å²) in [6.07, 6.45) is 7.42. The lowest BCUT2D eigenvalue weighted by Gasteiger charge is -2.49. The van der Waals surface area contributed by atoms with Crippen LogP contribution in [-0.2, 0) is 4.79 Å². The predicted molar refractivity (Wildman–Crippen MR) is 125 cm³/mol. The van der Waals surface area contributed by atoms with E-state index in [1.807, 2.05) is 24.3 Å². The second-order valence-electron chi connectivity index (χ2n) is 10.0. The Morgan fingerprint density at radius 1 is 1.17 bits per heavy atom. The number of ether oxygens (including phenoxy) is 2. The summed E-state index contributed by atoms with van der Waals surface area (Å²) in [5, 5.41) is 48.4. The van der Waals surface area contributed by atoms with Crippen LogP contribution in [0.4, 0.5) is 0 Å². The number of benzene rings is 1. The van der Waals surface area contributed by atoms with Crippen molar-refractivity contribution in [2.24, 2.45) is 5.41 Å². The van der Waals surface area contributed by atoms with Gasteiger partial charge in [0.1, 0.15) is 18.3 Å². The van der Waals surface area contributed by atoms with Gasteiger partial charge in [0.05, 0.1) is 17.6 Å². The number of carbonyl (C=O) groups is 2. The second-order valence-corrected chi connectivity index (χ2v) is 10.0. The van der Waals surface area contributed by atoms with Gasteiger partial charge in [-0.25, -0.2) is 0 Å². The van der Waals surface area contributed by atoms with Crippen molar-refractivity contribution in [1.29, 1.82) is 0 Å². The van der Waals surface area contributed by atoms with Crippen LogP contribution >= 0.6 is 0 Å². The minimum atomic E-state index is -1.63. The number of fused-ring (bicyclic) bond motifs is 5. The van der Waals surface area contributed by atoms with Crippen molar-refractivity contribution in [3.63, 3.8) is 0 Å². The number of aromatic hydroxyl groups is 1. The van der Waals surface area contributed by atoms with Gasteiger partial charge < -0.3 is 40.5 Å². The molecule has 2 amide bonds. The Bertz CT molecular complexity index is 1300. The molecule has 7 atom stereocenters. The van der Waals surface area contributed by atoms with Crippen molar-refractivity contribution in [2.45, 2.75) is 49.7 Å². The average molecular weight is 495 g/mol. The zero-order valence-corrected chi connectivity index (χ0v) is 19.3. The lowest BCUT2D eigenvalue weighted by molar-refractivity contribution is -0.132. The highest BCUT2D eigenvalue weighted by Gasteiger charge is 2.54. The molecule has 188 valence electrons. The molecule has 0 spiro atoms. The number of rotatable bonds is 2. The highest BCUT2D eigenvalue weighted by atomic mass is 16.7. The van der Waals surface area contributed by atoms with Crippen LogP contribution in [0.5, 0.6) is 17.2 Å². The molecule has 10 nitrogen and oxygen atoms in total. The van der Waals surface area contributed by atoms with E-state index in [2.05, 4.69) is 23.6 Å². The number of aliphatic hydroxyl groups is 3. The molecule has 6 N–H and O–H groups in total. The van der Waals surface area contributed by atoms with E-state index in [0.29, 0.717) is 12.0 Å². The quantitative estimate of drug-likeness (QED) is 0.342. The number of amides is 2. The molecular formula is C26H26N2O8. The monoisotopic (exact) mass is 494 g/mol. The lowest BCUT2D eigenvalue weighted by Crippen LogP contribution is -2.69. The minimum absolute atomic E-state index is 0.0245. The fourth-order valence-electron chi connectivity index (χ4n) is 5.84. The second kappa shape index (κ2) is 7.95. The van der Waals surface area contributed by atoms with Gasteiger partial charge >= 0.3 is 0 Å². The van der Waals surface area contributed by atoms with Gasteiger partial charge in [-0.3, -0.25) is 9.59 Å². The third-order valence-electron chi connectivity index (χ3n) is 7.89. The molecule has 10 heteroatoms. The highest BCUT2D eigenvalue weighted by Crippen LogP contribution is 2.50. The topological polar surface area (TPSA) is 158 Å². The molecule has 0 aromatic heterocycles. The molecule has 1 aromatic carbocycles. The smallest absolute Gasteiger partial charge is 0.255 e. The number of hydrogen-bond donors (Lipinski definition) is 6. The SMILES string of the molecule is CC12C=CC=CC1=CC(C(=O)N[C@H]1[C@H](O)[C@@H](O)[C@@H](O)[C@@H]3NC(=O)c4c(cc5c(c4O)OCO5)[C@@H]13)=CC2. The highest BCUT2D eigenvalue weighted by molar-refractivity contribution is 6.02. The maximum Gasteiger partial charge on any atom is 0.255 e. The van der Waals surface area contributed by atoms with Crippen LogP contribution < -0.4 is 20.1 Å². The summed E-state index contributed by atoms with van der Waals surface area (Å²) in [5.41, 5.74) is 1.35. The van der Waals surface area contributed by atoms with Gasteiger partial charge in [0, 0.05) is 16.9 Å². The number of hydrogen-bond acceptors (Lipinski definition) is 8. The van der Waals surface area contributed by atoms with E-state index in [1.54, 1.807) is 6.08 Å². The Morgan fingerprint density at radius 3 is 2.78 bits per heavy atom. The van der Waals surface area contributed by atoms with Crippen LogP contribution in [0.3, 0.4) is 0 Å². The van der Waals surface area contributed by atoms with Gasteiger partial charge in [0.2, 0.25) is 12.5 Å². The summed E-state index contributed by atoms with van der Waals surface area (Å²) in [6, 6.07) is -0.632. The third kappa shape index (κ3) is 3.22. The Kier molecular flexibility index (Phi) is 5.05. The van der Waals surface area contributed by atoms with E-state index in [1.165, 1.54) is 6.07 Å². The Morgan fingerprint density at radius 2 is 1.97 bits per heavy atom. The fraction of sp³-hybridized carbons (Fsp3) is 0.385. The number of aliphatic hydroxyl groups excluding tert-OH is 3. The van der Waals surface area contributed by atoms with Crippen LogP contribution in [0.2, 0.25) is 0 Å². The van der Waals surface area contributed by atoms with Gasteiger partial charge in [0.25, 0.3) is 11.8 Å². The maximum atomic E-state index is 13.4. The third-order valence-corrected chi connectivity index (χ3v) is 7.89. The van der Waals surface area contributed by atoms with Crippen LogP contribution in [-0.4, -0.2) is 69.4 Å². The molecular weight excluding hydrogens is 468 g/mol. The number of allylic oxidation sites excluding steroid dienone is 6. The number of carbonyl (C=O) groups excluding carboxylic acids is 2. The molecule has 1 saturated carbocycles. The first-order chi connectivity index (χ1) is 17.2. The van der Waals surface area contributed by atoms with Crippen LogP contribution in [0.15, 0.2) is 53.7 Å². The molecule has 5 aliphatic rings. The van der Waals surface area contributed by atoms with E-state index in [4.69, 9.17) is 9.47 Å². The molecule has 3 aliphatic carbocycles. The van der Waals surface area contributed by atoms with E-state index in [0.717, 1.165) is 5.57 Å². The van der Waals surface area contributed by atoms with Crippen LogP contribution in [0, 0.1) is 5.41 Å². The normalized spacial score (nSPS) is 35.6. The van der Waals surface area contributed by atoms with E-state index in [9.17, 15) is 30.0 Å². The summed E-state index contributed by atoms with van der Waals surface area (Å²) in [7, 11) is 0. The largest absolute Gasteiger partial charge is 0.504 e. The molecule has 1 aromatic rings. The van der Waals surface area contributed by atoms with Crippen molar-refractivity contribution in [3.8, 4) is 17.2 Å². The molecule has 36 heavy (non-hydrogen) atoms. The first-order valence-electron chi connectivity index (χ1n) is 11.8. The Balaban J connectivity index is 1.38. The Hall–Kier alpha value is -3.60. The van der Waals surface area contributed by atoms with E-state index in [-0.39, 0.29) is 34.8 Å². The van der Waals surface area contributed by atoms with Gasteiger partial charge in [-0.15, -0.1) is 0 Å². The standard InChI is InChI=1S/C26H26N2O8/c1-26-6-3-2-4-12(26)8-11(5-7-26)24(33)27-17-15-13-9-14-23(36-10-35-14)19(29)16(13)25(34)28-18(15)21(31)22(32)20(17)30/h2-6,8-9,15,17-18,20-22,29-32H,7,10H2,1H3,(H,27,33)(H,28,34)/t15-,17+,18+,20-,21-,22+,26?/m0/s1. The van der Waals surface area contributed by atoms with E-state index < -0.39 is 53.9 Å². The fourth-order valence-corrected chi connectivity index (χ4v) is 5.84. The number of nitrogens with one attached hydrogen (secondary N) is 2. The first-order valence-corrected chi connectivity index (χ1v) is 11.8. The molecule has 6 rings (SSSR count). The minimum Gasteiger partial charge on any atom is -0.504 e. The molecule has 1 fully saturated rings. The predicted octanol–water partition coefficient (Wildman–Crippen LogP) is 0.286. The molecule has 0 radical (unpaired) electrons. The zero-order valence-electron chi connectivity index (χ0n) is 19.3. The Labute approximate surface area is 206 Å². The summed E-state index contributed by atoms with van der Waals surface area (Å²) < 4.78 is 10.7. The van der Waals surface area contributed by atoms with Crippen LogP contribution in [0.25, 0.3) is 0 Å². The van der Waals surface area contributed by atoms with Gasteiger partial charge in [-0.2, -0.15) is 0 Å². The van der Waals surface area contributed by atoms with Gasteiger partial charge in [0.15, 0.2) is 11.5 Å². The van der Waals surface area contributed by atoms with Crippen molar-refractivity contribution in [3.05, 3.63) is 64.8 Å². The summed E-state index contributed by atoms with van der Waals surface area (Å²) in [4.78, 5) is 26.3. The van der Waals surface area contributed by atoms with Crippen molar-refractivity contribution < 1.29 is 39.5 Å². The summed E-state index contributed by atoms with van der Waals surface area (Å²) in [5.74, 6) is -2.22. The first kappa shape index (κ1) is 22.8. The molecule has 2 aliphatic heterocycles. The molecule has 2 heterocycles. The average Bonchev–Trinajstić information content (AvgIpc) is 3.33. The number of phenolic OH excluding ortho intramolecular Hbond substituents is 1. The van der Waals surface area contributed by atoms with Crippen molar-refractivity contribution in [1.82, 2.24) is 10.6 Å². The molecule has 0 saturated heterocycles. The molecule has 1 unspecified atom stereocenters. The van der Waals surface area contributed by atoms with Gasteiger partial charge in [-0.05, 0) is 29.7 Å². The van der Waals surface area contributed by atoms with Crippen molar-refractivity contribution >= 4 is 11.8 Å². The number of phenols is 1. The summed E-state index contributed by atoms with van der Waals surface area (Å²) in [6.45, 7) is 1.94. The molecule has 0 bridgehead atoms. The van der Waals surface area contributed by atoms with Gasteiger partial charge in [-0.1, -0.05) is 37.3 Å².